The quantitative estimate of drug-likeness (QED) is 0.0341. The average molecular weight is 1080 g/mol. The number of ether oxygens (including phenoxy) is 7. The molecule has 17 heteroatoms. The second kappa shape index (κ2) is 44.9. The van der Waals surface area contributed by atoms with Crippen molar-refractivity contribution in [3.63, 3.8) is 0 Å². The molecular formula is C59H104N2O15. The zero-order chi connectivity index (χ0) is 55.4. The molecule has 17 nitrogen and oxygen atoms in total. The lowest BCUT2D eigenvalue weighted by Crippen LogP contribution is -2.42. The van der Waals surface area contributed by atoms with Gasteiger partial charge in [0.1, 0.15) is 19.3 Å². The Bertz CT molecular complexity index is 1510. The van der Waals surface area contributed by atoms with E-state index in [4.69, 9.17) is 33.2 Å². The molecule has 440 valence electrons. The second-order valence-corrected chi connectivity index (χ2v) is 21.5. The van der Waals surface area contributed by atoms with Crippen LogP contribution >= 0.6 is 0 Å². The Hall–Kier alpha value is -3.99. The molecule has 2 aliphatic rings. The Morgan fingerprint density at radius 3 is 1.22 bits per heavy atom. The maximum absolute atomic E-state index is 13.7. The molecule has 0 saturated carbocycles. The second-order valence-electron chi connectivity index (χ2n) is 21.5. The standard InChI is InChI=1S/C59H104N2O15/c1-5-9-13-17-21-25-29-53(63)71-43-48(44-72-54(64)30-26-22-18-14-10-6-2)39-57(67)75-47-50-41-52(42-61(50)59(69)70-38-37-60-35-33-51(62)34-36-60)76-58(68)40-49(45-73-55(65)31-27-23-19-15-11-7-3)46-74-56(66)32-28-24-20-16-12-8-4/h48-52,62H,5-47H2,1-4H3/t50-,52+/m0/s1. The van der Waals surface area contributed by atoms with Crippen LogP contribution in [0.1, 0.15) is 240 Å². The number of aliphatic hydroxyl groups is 1. The first-order valence-electron chi connectivity index (χ1n) is 30.2. The van der Waals surface area contributed by atoms with E-state index in [1.807, 2.05) is 0 Å². The van der Waals surface area contributed by atoms with Crippen molar-refractivity contribution in [1.29, 1.82) is 0 Å². The van der Waals surface area contributed by atoms with Crippen molar-refractivity contribution in [2.45, 2.75) is 258 Å². The molecule has 76 heavy (non-hydrogen) atoms. The van der Waals surface area contributed by atoms with Crippen molar-refractivity contribution < 1.29 is 71.8 Å². The van der Waals surface area contributed by atoms with Crippen molar-refractivity contribution in [3.05, 3.63) is 0 Å². The fraction of sp³-hybridized carbons (Fsp3) is 0.881. The highest BCUT2D eigenvalue weighted by Crippen LogP contribution is 2.25. The van der Waals surface area contributed by atoms with Gasteiger partial charge < -0.3 is 38.3 Å². The van der Waals surface area contributed by atoms with Crippen LogP contribution in [0.5, 0.6) is 0 Å². The molecule has 2 saturated heterocycles. The molecule has 1 amide bonds. The van der Waals surface area contributed by atoms with Gasteiger partial charge in [0.2, 0.25) is 0 Å². The first-order valence-corrected chi connectivity index (χ1v) is 30.2. The van der Waals surface area contributed by atoms with E-state index in [9.17, 15) is 38.7 Å². The van der Waals surface area contributed by atoms with Gasteiger partial charge in [-0.05, 0) is 38.5 Å². The fourth-order valence-corrected chi connectivity index (χ4v) is 9.44. The highest BCUT2D eigenvalue weighted by molar-refractivity contribution is 5.73. The van der Waals surface area contributed by atoms with E-state index < -0.39 is 42.0 Å². The molecule has 0 unspecified atom stereocenters. The van der Waals surface area contributed by atoms with Gasteiger partial charge in [-0.25, -0.2) is 4.79 Å². The van der Waals surface area contributed by atoms with Crippen LogP contribution in [-0.4, -0.2) is 141 Å². The summed E-state index contributed by atoms with van der Waals surface area (Å²) < 4.78 is 39.8. The Morgan fingerprint density at radius 1 is 0.461 bits per heavy atom. The fourth-order valence-electron chi connectivity index (χ4n) is 9.44. The number of likely N-dealkylation sites (tertiary alicyclic amines) is 2. The summed E-state index contributed by atoms with van der Waals surface area (Å²) in [6, 6.07) is -0.732. The zero-order valence-electron chi connectivity index (χ0n) is 47.8. The number of aliphatic hydroxyl groups excluding tert-OH is 1. The van der Waals surface area contributed by atoms with Crippen LogP contribution in [-0.2, 0) is 61.9 Å². The topological polar surface area (TPSA) is 211 Å². The maximum atomic E-state index is 13.7. The van der Waals surface area contributed by atoms with Crippen molar-refractivity contribution in [2.75, 3.05) is 65.8 Å². The minimum absolute atomic E-state index is 0.0421. The zero-order valence-corrected chi connectivity index (χ0v) is 47.8. The van der Waals surface area contributed by atoms with Crippen LogP contribution in [0.4, 0.5) is 4.79 Å². The molecule has 2 fully saturated rings. The molecule has 0 bridgehead atoms. The Balaban J connectivity index is 2.13. The van der Waals surface area contributed by atoms with Crippen molar-refractivity contribution in [3.8, 4) is 0 Å². The van der Waals surface area contributed by atoms with Crippen LogP contribution in [0.15, 0.2) is 0 Å². The summed E-state index contributed by atoms with van der Waals surface area (Å²) in [4.78, 5) is 95.4. The third-order valence-corrected chi connectivity index (χ3v) is 14.3. The number of unbranched alkanes of at least 4 members (excludes halogenated alkanes) is 20. The van der Waals surface area contributed by atoms with Gasteiger partial charge in [-0.2, -0.15) is 0 Å². The van der Waals surface area contributed by atoms with E-state index in [0.29, 0.717) is 58.2 Å². The first kappa shape index (κ1) is 68.1. The number of hydrogen-bond acceptors (Lipinski definition) is 16. The molecule has 2 atom stereocenters. The molecule has 1 N–H and O–H groups in total. The third-order valence-electron chi connectivity index (χ3n) is 14.3. The highest BCUT2D eigenvalue weighted by Gasteiger charge is 2.40. The van der Waals surface area contributed by atoms with Crippen LogP contribution < -0.4 is 0 Å². The maximum Gasteiger partial charge on any atom is 0.410 e. The van der Waals surface area contributed by atoms with Crippen LogP contribution in [0.2, 0.25) is 0 Å². The smallest absolute Gasteiger partial charge is 0.410 e. The van der Waals surface area contributed by atoms with Crippen molar-refractivity contribution in [1.82, 2.24) is 9.80 Å². The molecule has 2 rings (SSSR count). The van der Waals surface area contributed by atoms with E-state index in [0.717, 1.165) is 128 Å². The summed E-state index contributed by atoms with van der Waals surface area (Å²) >= 11 is 0. The molecule has 2 aliphatic heterocycles. The number of amides is 1. The highest BCUT2D eigenvalue weighted by atomic mass is 16.6. The predicted octanol–water partition coefficient (Wildman–Crippen LogP) is 11.3. The lowest BCUT2D eigenvalue weighted by Gasteiger charge is -2.29. The monoisotopic (exact) mass is 1080 g/mol. The number of carbonyl (C=O) groups excluding carboxylic acids is 7. The van der Waals surface area contributed by atoms with Crippen molar-refractivity contribution in [2.24, 2.45) is 11.8 Å². The Kier molecular flexibility index (Phi) is 40.3. The normalized spacial score (nSPS) is 16.0. The Labute approximate surface area is 457 Å². The van der Waals surface area contributed by atoms with E-state index >= 15 is 0 Å². The summed E-state index contributed by atoms with van der Waals surface area (Å²) in [7, 11) is 0. The largest absolute Gasteiger partial charge is 0.465 e. The summed E-state index contributed by atoms with van der Waals surface area (Å²) in [6.07, 6.45) is 24.5. The van der Waals surface area contributed by atoms with E-state index in [2.05, 4.69) is 32.6 Å². The summed E-state index contributed by atoms with van der Waals surface area (Å²) in [5.74, 6) is -4.14. The number of hydrogen-bond donors (Lipinski definition) is 1. The molecule has 0 aromatic rings. The molecule has 0 aromatic heterocycles. The van der Waals surface area contributed by atoms with Gasteiger partial charge in [-0.3, -0.25) is 38.6 Å². The average Bonchev–Trinajstić information content (AvgIpc) is 3.81. The Morgan fingerprint density at radius 2 is 0.829 bits per heavy atom. The number of carbonyl (C=O) groups is 7. The number of piperidine rings is 1. The third kappa shape index (κ3) is 35.4. The van der Waals surface area contributed by atoms with Crippen LogP contribution in [0.3, 0.4) is 0 Å². The van der Waals surface area contributed by atoms with Gasteiger partial charge in [0.15, 0.2) is 0 Å². The predicted molar refractivity (Wildman–Crippen MR) is 291 cm³/mol. The van der Waals surface area contributed by atoms with E-state index in [1.54, 1.807) is 0 Å². The van der Waals surface area contributed by atoms with Gasteiger partial charge >= 0.3 is 41.9 Å². The van der Waals surface area contributed by atoms with Gasteiger partial charge in [-0.15, -0.1) is 0 Å². The molecule has 0 aromatic carbocycles. The molecular weight excluding hydrogens is 977 g/mol. The number of nitrogens with zero attached hydrogens (tertiary/aromatic N) is 2. The minimum Gasteiger partial charge on any atom is -0.465 e. The number of rotatable bonds is 46. The molecule has 0 radical (unpaired) electrons. The summed E-state index contributed by atoms with van der Waals surface area (Å²) in [6.45, 7) is 9.66. The van der Waals surface area contributed by atoms with Crippen molar-refractivity contribution >= 4 is 41.9 Å². The van der Waals surface area contributed by atoms with Gasteiger partial charge in [0.05, 0.1) is 58.0 Å². The van der Waals surface area contributed by atoms with Gasteiger partial charge in [0, 0.05) is 63.6 Å². The van der Waals surface area contributed by atoms with Gasteiger partial charge in [0.25, 0.3) is 0 Å². The summed E-state index contributed by atoms with van der Waals surface area (Å²) in [5.41, 5.74) is 0. The SMILES string of the molecule is CCCCCCCCC(=O)OCC(COC(=O)CCCCCCCC)CC(=O)OC[C@@H]1C[C@@H](OC(=O)CC(COC(=O)CCCCCCCC)COC(=O)CCCCCCCC)CN1C(=O)OCCN1CCC(O)CC1. The van der Waals surface area contributed by atoms with Gasteiger partial charge in [-0.1, -0.05) is 156 Å². The lowest BCUT2D eigenvalue weighted by molar-refractivity contribution is -0.157. The minimum atomic E-state index is -0.802. The summed E-state index contributed by atoms with van der Waals surface area (Å²) in [5, 5.41) is 9.94. The lowest BCUT2D eigenvalue weighted by atomic mass is 10.1. The molecule has 2 heterocycles. The van der Waals surface area contributed by atoms with E-state index in [1.165, 1.54) is 4.90 Å². The molecule has 0 spiro atoms. The molecule has 0 aliphatic carbocycles. The van der Waals surface area contributed by atoms with Crippen LogP contribution in [0, 0.1) is 11.8 Å². The van der Waals surface area contributed by atoms with E-state index in [-0.39, 0.29) is 121 Å². The number of esters is 6. The van der Waals surface area contributed by atoms with Crippen LogP contribution in [0.25, 0.3) is 0 Å². The first-order chi connectivity index (χ1) is 36.9.